The van der Waals surface area contributed by atoms with Gasteiger partial charge in [-0.05, 0) is 50.4 Å². The molecule has 0 fully saturated rings. The lowest BCUT2D eigenvalue weighted by molar-refractivity contribution is 0.519. The molecule has 0 amide bonds. The predicted octanol–water partition coefficient (Wildman–Crippen LogP) is 3.02. The van der Waals surface area contributed by atoms with E-state index in [-0.39, 0.29) is 0 Å². The first-order valence-electron chi connectivity index (χ1n) is 7.67. The molecule has 114 valence electrons. The molecule has 0 saturated heterocycles. The Kier molecular flexibility index (Phi) is 5.12. The SMILES string of the molecule is CCCNC(Cc1cn(C)nn1)c1c(C)cc(C)cc1C. The van der Waals surface area contributed by atoms with Crippen LogP contribution in [-0.2, 0) is 13.5 Å². The van der Waals surface area contributed by atoms with E-state index in [1.807, 2.05) is 13.2 Å². The van der Waals surface area contributed by atoms with Gasteiger partial charge in [0.1, 0.15) is 0 Å². The Morgan fingerprint density at radius 3 is 2.38 bits per heavy atom. The van der Waals surface area contributed by atoms with Gasteiger partial charge in [-0.15, -0.1) is 5.10 Å². The second-order valence-electron chi connectivity index (χ2n) is 5.91. The molecule has 0 aliphatic carbocycles. The first kappa shape index (κ1) is 15.7. The van der Waals surface area contributed by atoms with Crippen LogP contribution in [0.4, 0.5) is 0 Å². The van der Waals surface area contributed by atoms with Crippen LogP contribution in [0.25, 0.3) is 0 Å². The third kappa shape index (κ3) is 3.91. The number of aryl methyl sites for hydroxylation is 4. The molecule has 21 heavy (non-hydrogen) atoms. The Hall–Kier alpha value is -1.68. The molecule has 4 nitrogen and oxygen atoms in total. The fraction of sp³-hybridized carbons (Fsp3) is 0.529. The highest BCUT2D eigenvalue weighted by atomic mass is 15.4. The van der Waals surface area contributed by atoms with Crippen LogP contribution in [0.2, 0.25) is 0 Å². The van der Waals surface area contributed by atoms with Crippen molar-refractivity contribution in [1.82, 2.24) is 20.3 Å². The summed E-state index contributed by atoms with van der Waals surface area (Å²) < 4.78 is 1.76. The van der Waals surface area contributed by atoms with Crippen LogP contribution in [0, 0.1) is 20.8 Å². The Morgan fingerprint density at radius 1 is 1.19 bits per heavy atom. The molecule has 0 spiro atoms. The lowest BCUT2D eigenvalue weighted by Crippen LogP contribution is -2.26. The average Bonchev–Trinajstić information content (AvgIpc) is 2.80. The topological polar surface area (TPSA) is 42.7 Å². The Bertz CT molecular complexity index is 578. The van der Waals surface area contributed by atoms with Gasteiger partial charge in [0.05, 0.1) is 5.69 Å². The van der Waals surface area contributed by atoms with E-state index in [4.69, 9.17) is 0 Å². The monoisotopic (exact) mass is 286 g/mol. The quantitative estimate of drug-likeness (QED) is 0.887. The summed E-state index contributed by atoms with van der Waals surface area (Å²) in [5.41, 5.74) is 6.46. The third-order valence-corrected chi connectivity index (χ3v) is 3.79. The maximum atomic E-state index is 4.24. The minimum Gasteiger partial charge on any atom is -0.310 e. The Labute approximate surface area is 127 Å². The molecule has 1 heterocycles. The van der Waals surface area contributed by atoms with Gasteiger partial charge < -0.3 is 5.32 Å². The molecule has 0 aliphatic heterocycles. The number of benzene rings is 1. The van der Waals surface area contributed by atoms with E-state index in [0.29, 0.717) is 6.04 Å². The molecule has 2 rings (SSSR count). The third-order valence-electron chi connectivity index (χ3n) is 3.79. The average molecular weight is 286 g/mol. The molecular formula is C17H26N4. The lowest BCUT2D eigenvalue weighted by atomic mass is 9.91. The van der Waals surface area contributed by atoms with E-state index >= 15 is 0 Å². The molecular weight excluding hydrogens is 260 g/mol. The second kappa shape index (κ2) is 6.85. The number of hydrogen-bond acceptors (Lipinski definition) is 3. The van der Waals surface area contributed by atoms with Crippen molar-refractivity contribution in [1.29, 1.82) is 0 Å². The van der Waals surface area contributed by atoms with Crippen molar-refractivity contribution in [3.05, 3.63) is 46.3 Å². The molecule has 1 N–H and O–H groups in total. The van der Waals surface area contributed by atoms with Crippen LogP contribution >= 0.6 is 0 Å². The van der Waals surface area contributed by atoms with E-state index in [2.05, 4.69) is 55.5 Å². The van der Waals surface area contributed by atoms with Gasteiger partial charge >= 0.3 is 0 Å². The zero-order valence-electron chi connectivity index (χ0n) is 13.8. The number of aromatic nitrogens is 3. The van der Waals surface area contributed by atoms with Crippen molar-refractivity contribution in [3.63, 3.8) is 0 Å². The van der Waals surface area contributed by atoms with Gasteiger partial charge in [0.2, 0.25) is 0 Å². The van der Waals surface area contributed by atoms with Gasteiger partial charge in [0, 0.05) is 25.7 Å². The smallest absolute Gasteiger partial charge is 0.0845 e. The standard InChI is InChI=1S/C17H26N4/c1-6-7-18-16(10-15-11-21(5)20-19-15)17-13(3)8-12(2)9-14(17)4/h8-9,11,16,18H,6-7,10H2,1-5H3. The minimum atomic E-state index is 0.294. The summed E-state index contributed by atoms with van der Waals surface area (Å²) in [4.78, 5) is 0. The van der Waals surface area contributed by atoms with Gasteiger partial charge in [-0.2, -0.15) is 0 Å². The van der Waals surface area contributed by atoms with E-state index in [1.165, 1.54) is 22.3 Å². The van der Waals surface area contributed by atoms with Crippen LogP contribution < -0.4 is 5.32 Å². The second-order valence-corrected chi connectivity index (χ2v) is 5.91. The fourth-order valence-corrected chi connectivity index (χ4v) is 3.03. The summed E-state index contributed by atoms with van der Waals surface area (Å²) in [5.74, 6) is 0. The van der Waals surface area contributed by atoms with Crippen molar-refractivity contribution in [2.75, 3.05) is 6.54 Å². The normalized spacial score (nSPS) is 12.6. The molecule has 4 heteroatoms. The van der Waals surface area contributed by atoms with Crippen LogP contribution in [0.3, 0.4) is 0 Å². The van der Waals surface area contributed by atoms with Gasteiger partial charge in [0.25, 0.3) is 0 Å². The van der Waals surface area contributed by atoms with Gasteiger partial charge in [-0.3, -0.25) is 4.68 Å². The maximum absolute atomic E-state index is 4.24. The van der Waals surface area contributed by atoms with Gasteiger partial charge in [-0.25, -0.2) is 0 Å². The molecule has 0 aliphatic rings. The molecule has 0 saturated carbocycles. The summed E-state index contributed by atoms with van der Waals surface area (Å²) in [6, 6.07) is 4.82. The van der Waals surface area contributed by atoms with Crippen molar-refractivity contribution in [2.45, 2.75) is 46.6 Å². The van der Waals surface area contributed by atoms with E-state index in [9.17, 15) is 0 Å². The molecule has 1 unspecified atom stereocenters. The number of nitrogens with one attached hydrogen (secondary N) is 1. The number of nitrogens with zero attached hydrogens (tertiary/aromatic N) is 3. The molecule has 0 bridgehead atoms. The van der Waals surface area contributed by atoms with Crippen molar-refractivity contribution in [2.24, 2.45) is 7.05 Å². The van der Waals surface area contributed by atoms with Crippen molar-refractivity contribution in [3.8, 4) is 0 Å². The summed E-state index contributed by atoms with van der Waals surface area (Å²) in [6.07, 6.45) is 4.00. The van der Waals surface area contributed by atoms with Crippen LogP contribution in [0.1, 0.15) is 47.3 Å². The Morgan fingerprint density at radius 2 is 1.86 bits per heavy atom. The summed E-state index contributed by atoms with van der Waals surface area (Å²) in [5, 5.41) is 11.9. The summed E-state index contributed by atoms with van der Waals surface area (Å²) >= 11 is 0. The number of hydrogen-bond donors (Lipinski definition) is 1. The minimum absolute atomic E-state index is 0.294. The Balaban J connectivity index is 2.31. The zero-order valence-corrected chi connectivity index (χ0v) is 13.8. The fourth-order valence-electron chi connectivity index (χ4n) is 3.03. The van der Waals surface area contributed by atoms with E-state index in [1.54, 1.807) is 4.68 Å². The van der Waals surface area contributed by atoms with Crippen molar-refractivity contribution >= 4 is 0 Å². The largest absolute Gasteiger partial charge is 0.310 e. The van der Waals surface area contributed by atoms with Crippen molar-refractivity contribution < 1.29 is 0 Å². The van der Waals surface area contributed by atoms with E-state index in [0.717, 1.165) is 25.1 Å². The first-order chi connectivity index (χ1) is 10.0. The highest BCUT2D eigenvalue weighted by molar-refractivity contribution is 5.40. The molecule has 1 aromatic heterocycles. The van der Waals surface area contributed by atoms with Gasteiger partial charge in [0.15, 0.2) is 0 Å². The van der Waals surface area contributed by atoms with Crippen LogP contribution in [-0.4, -0.2) is 21.5 Å². The summed E-state index contributed by atoms with van der Waals surface area (Å²) in [7, 11) is 1.91. The maximum Gasteiger partial charge on any atom is 0.0845 e. The summed E-state index contributed by atoms with van der Waals surface area (Å²) in [6.45, 7) is 9.76. The first-order valence-corrected chi connectivity index (χ1v) is 7.67. The number of rotatable bonds is 6. The lowest BCUT2D eigenvalue weighted by Gasteiger charge is -2.23. The molecule has 2 aromatic rings. The predicted molar refractivity (Wildman–Crippen MR) is 86.4 cm³/mol. The van der Waals surface area contributed by atoms with Crippen LogP contribution in [0.15, 0.2) is 18.3 Å². The molecule has 0 radical (unpaired) electrons. The zero-order chi connectivity index (χ0) is 15.4. The molecule has 1 atom stereocenters. The van der Waals surface area contributed by atoms with Gasteiger partial charge in [-0.1, -0.05) is 29.8 Å². The van der Waals surface area contributed by atoms with E-state index < -0.39 is 0 Å². The van der Waals surface area contributed by atoms with Crippen LogP contribution in [0.5, 0.6) is 0 Å². The highest BCUT2D eigenvalue weighted by Crippen LogP contribution is 2.26. The molecule has 1 aromatic carbocycles. The highest BCUT2D eigenvalue weighted by Gasteiger charge is 2.18.